The topological polar surface area (TPSA) is 0 Å². The number of benzene rings is 1. The summed E-state index contributed by atoms with van der Waals surface area (Å²) in [5.41, 5.74) is 0. The fourth-order valence-electron chi connectivity index (χ4n) is 0.607. The molecule has 0 saturated carbocycles. The monoisotopic (exact) mass is 218 g/mol. The minimum atomic E-state index is -1.81. The first-order chi connectivity index (χ1) is 4.34. The van der Waals surface area contributed by atoms with E-state index in [9.17, 15) is 7.35 Å². The second-order valence-corrected chi connectivity index (χ2v) is 2.75. The lowest BCUT2D eigenvalue weighted by Gasteiger charge is -1.92. The van der Waals surface area contributed by atoms with Gasteiger partial charge in [0.2, 0.25) is 0 Å². The highest BCUT2D eigenvalue weighted by Crippen LogP contribution is 1.90. The van der Waals surface area contributed by atoms with Crippen LogP contribution in [0.2, 0.25) is 0 Å². The van der Waals surface area contributed by atoms with E-state index >= 15 is 0 Å². The molecule has 4 heteroatoms. The van der Waals surface area contributed by atoms with Crippen molar-refractivity contribution in [3.05, 3.63) is 30.1 Å². The molecule has 0 radical (unpaired) electrons. The number of halogens is 3. The third-order valence-corrected chi connectivity index (χ3v) is 1.96. The standard InChI is InChI=1S/C6H4F.BrH.FH.Mg/c7-6-4-2-1-3-5-6;;;/h1-4H;2*1H;/q;;;+1/p-1. The van der Waals surface area contributed by atoms with Crippen molar-refractivity contribution in [2.24, 2.45) is 0 Å². The van der Waals surface area contributed by atoms with Gasteiger partial charge in [0.25, 0.3) is 0 Å². The Morgan fingerprint density at radius 2 is 1.80 bits per heavy atom. The molecule has 0 fully saturated rings. The van der Waals surface area contributed by atoms with Crippen LogP contribution in [0.3, 0.4) is 0 Å². The van der Waals surface area contributed by atoms with E-state index in [1.807, 2.05) is 0 Å². The Kier molecular flexibility index (Phi) is 5.20. The van der Waals surface area contributed by atoms with Crippen molar-refractivity contribution < 1.29 is 7.35 Å². The number of rotatable bonds is 1. The second-order valence-electron chi connectivity index (χ2n) is 1.73. The number of hydrogen-bond donors (Lipinski definition) is 0. The average Bonchev–Trinajstić information content (AvgIpc) is 1.89. The van der Waals surface area contributed by atoms with Crippen LogP contribution in [0.25, 0.3) is 0 Å². The van der Waals surface area contributed by atoms with Crippen LogP contribution in [0.4, 0.5) is 7.35 Å². The molecule has 1 aromatic carbocycles. The molecule has 0 aliphatic heterocycles. The van der Waals surface area contributed by atoms with Crippen LogP contribution in [-0.4, -0.2) is 20.9 Å². The van der Waals surface area contributed by atoms with Crippen molar-refractivity contribution in [1.29, 1.82) is 0 Å². The molecule has 1 rings (SSSR count). The molecule has 0 unspecified atom stereocenters. The molecular formula is C6H5BrF2Mg. The lowest BCUT2D eigenvalue weighted by atomic mass is 10.3. The van der Waals surface area contributed by atoms with Gasteiger partial charge < -0.3 is 2.96 Å². The molecule has 0 nitrogen and oxygen atoms in total. The third kappa shape index (κ3) is 2.52. The van der Waals surface area contributed by atoms with Gasteiger partial charge in [0.15, 0.2) is 0 Å². The van der Waals surface area contributed by atoms with Crippen LogP contribution in [0, 0.1) is 5.82 Å². The van der Waals surface area contributed by atoms with E-state index < -0.39 is 26.7 Å². The van der Waals surface area contributed by atoms with Gasteiger partial charge in [-0.1, -0.05) is 21.9 Å². The van der Waals surface area contributed by atoms with Crippen LogP contribution in [-0.2, 0) is 0 Å². The Hall–Kier alpha value is 0.326. The normalized spacial score (nSPS) is 7.80. The fourth-order valence-corrected chi connectivity index (χ4v) is 1.08. The Morgan fingerprint density at radius 3 is 2.20 bits per heavy atom. The largest absolute Gasteiger partial charge is 0.655 e. The van der Waals surface area contributed by atoms with Crippen LogP contribution >= 0.6 is 17.0 Å². The average molecular weight is 219 g/mol. The molecule has 10 heavy (non-hydrogen) atoms. The minimum Gasteiger partial charge on any atom is -0.475 e. The Morgan fingerprint density at radius 1 is 1.20 bits per heavy atom. The van der Waals surface area contributed by atoms with Gasteiger partial charge in [0.05, 0.1) is 0 Å². The highest BCUT2D eigenvalue weighted by Gasteiger charge is 2.02. The molecule has 52 valence electrons. The van der Waals surface area contributed by atoms with Gasteiger partial charge in [-0.15, -0.1) is 17.0 Å². The third-order valence-electron chi connectivity index (χ3n) is 1.10. The van der Waals surface area contributed by atoms with Gasteiger partial charge in [-0.2, -0.15) is 0 Å². The fraction of sp³-hybridized carbons (Fsp3) is 0. The van der Waals surface area contributed by atoms with Gasteiger partial charge in [0.1, 0.15) is 5.82 Å². The van der Waals surface area contributed by atoms with Crippen molar-refractivity contribution in [3.8, 4) is 0 Å². The van der Waals surface area contributed by atoms with E-state index in [1.54, 1.807) is 12.1 Å². The van der Waals surface area contributed by atoms with Gasteiger partial charge in [-0.3, -0.25) is 0 Å². The summed E-state index contributed by atoms with van der Waals surface area (Å²) in [6, 6.07) is 5.97. The summed E-state index contributed by atoms with van der Waals surface area (Å²) in [5.74, 6) is -0.410. The summed E-state index contributed by atoms with van der Waals surface area (Å²) in [6.45, 7) is 0. The van der Waals surface area contributed by atoms with Crippen LogP contribution in [0.5, 0.6) is 0 Å². The van der Waals surface area contributed by atoms with Crippen molar-refractivity contribution in [3.63, 3.8) is 0 Å². The first-order valence-electron chi connectivity index (χ1n) is 2.64. The van der Waals surface area contributed by atoms with Crippen LogP contribution in [0.1, 0.15) is 0 Å². The zero-order chi connectivity index (χ0) is 6.69. The first kappa shape index (κ1) is 10.3. The van der Waals surface area contributed by atoms with Crippen molar-refractivity contribution in [1.82, 2.24) is 0 Å². The molecule has 0 heterocycles. The Balaban J connectivity index is 0.000000810. The molecule has 1 aromatic rings. The zero-order valence-electron chi connectivity index (χ0n) is 5.18. The smallest absolute Gasteiger partial charge is 0.475 e. The zero-order valence-corrected chi connectivity index (χ0v) is 8.31. The van der Waals surface area contributed by atoms with Gasteiger partial charge in [-0.05, 0) is 6.07 Å². The maximum Gasteiger partial charge on any atom is 0.655 e. The van der Waals surface area contributed by atoms with Gasteiger partial charge >= 0.3 is 20.9 Å². The quantitative estimate of drug-likeness (QED) is 0.630. The summed E-state index contributed by atoms with van der Waals surface area (Å²) < 4.78 is 24.5. The van der Waals surface area contributed by atoms with E-state index in [1.165, 1.54) is 12.1 Å². The molecule has 0 atom stereocenters. The molecule has 0 spiro atoms. The molecule has 0 aromatic heterocycles. The number of hydrogen-bond acceptors (Lipinski definition) is 0. The van der Waals surface area contributed by atoms with Crippen molar-refractivity contribution in [2.75, 3.05) is 0 Å². The van der Waals surface area contributed by atoms with E-state index in [-0.39, 0.29) is 20.7 Å². The maximum absolute atomic E-state index is 12.4. The lowest BCUT2D eigenvalue weighted by Crippen LogP contribution is -2.13. The molecule has 0 aliphatic rings. The van der Waals surface area contributed by atoms with Crippen LogP contribution in [0.15, 0.2) is 24.3 Å². The Bertz CT molecular complexity index is 205. The molecular weight excluding hydrogens is 214 g/mol. The highest BCUT2D eigenvalue weighted by atomic mass is 79.9. The van der Waals surface area contributed by atoms with E-state index in [2.05, 4.69) is 0 Å². The molecule has 0 amide bonds. The summed E-state index contributed by atoms with van der Waals surface area (Å²) in [6.07, 6.45) is 0. The van der Waals surface area contributed by atoms with Crippen molar-refractivity contribution in [2.45, 2.75) is 0 Å². The van der Waals surface area contributed by atoms with Crippen molar-refractivity contribution >= 4 is 41.6 Å². The van der Waals surface area contributed by atoms with Gasteiger partial charge in [-0.25, -0.2) is 4.39 Å². The SMILES string of the molecule is Br.[F][Mg][c]1ccccc1F. The minimum absolute atomic E-state index is 0. The predicted molar refractivity (Wildman–Crippen MR) is 43.2 cm³/mol. The van der Waals surface area contributed by atoms with E-state index in [0.29, 0.717) is 0 Å². The summed E-state index contributed by atoms with van der Waals surface area (Å²) in [4.78, 5) is 0. The molecule has 0 saturated heterocycles. The second kappa shape index (κ2) is 5.04. The lowest BCUT2D eigenvalue weighted by molar-refractivity contribution is 0.634. The van der Waals surface area contributed by atoms with E-state index in [4.69, 9.17) is 0 Å². The summed E-state index contributed by atoms with van der Waals surface area (Å²) in [5, 5.41) is 0. The predicted octanol–water partition coefficient (Wildman–Crippen LogP) is 1.62. The summed E-state index contributed by atoms with van der Waals surface area (Å²) >= 11 is -1.81. The summed E-state index contributed by atoms with van der Waals surface area (Å²) in [7, 11) is 0. The first-order valence-corrected chi connectivity index (χ1v) is 3.88. The molecule has 0 N–H and O–H groups in total. The maximum atomic E-state index is 12.4. The van der Waals surface area contributed by atoms with Gasteiger partial charge in [0, 0.05) is 0 Å². The molecule has 0 bridgehead atoms. The molecule has 0 aliphatic carbocycles. The van der Waals surface area contributed by atoms with Crippen LogP contribution < -0.4 is 3.69 Å². The highest BCUT2D eigenvalue weighted by molar-refractivity contribution is 8.93. The Labute approximate surface area is 78.9 Å². The van der Waals surface area contributed by atoms with E-state index in [0.717, 1.165) is 0 Å².